The lowest BCUT2D eigenvalue weighted by Gasteiger charge is -2.04. The van der Waals surface area contributed by atoms with E-state index in [2.05, 4.69) is 15.9 Å². The Kier molecular flexibility index (Phi) is 4.57. The fourth-order valence-corrected chi connectivity index (χ4v) is 1.26. The molecule has 70 valence electrons. The Morgan fingerprint density at radius 2 is 2.08 bits per heavy atom. The minimum atomic E-state index is 0.555. The second-order valence-corrected chi connectivity index (χ2v) is 3.30. The van der Waals surface area contributed by atoms with Crippen LogP contribution in [0.5, 0.6) is 5.75 Å². The van der Waals surface area contributed by atoms with E-state index in [0.29, 0.717) is 13.2 Å². The van der Waals surface area contributed by atoms with Crippen molar-refractivity contribution in [2.45, 2.75) is 0 Å². The van der Waals surface area contributed by atoms with Crippen molar-refractivity contribution >= 4 is 15.9 Å². The molecule has 2 nitrogen and oxygen atoms in total. The number of para-hydroxylation sites is 1. The molecule has 0 spiro atoms. The van der Waals surface area contributed by atoms with E-state index >= 15 is 0 Å². The summed E-state index contributed by atoms with van der Waals surface area (Å²) in [4.78, 5) is 0. The average Bonchev–Trinajstić information content (AvgIpc) is 2.15. The maximum atomic E-state index is 5.45. The highest BCUT2D eigenvalue weighted by Crippen LogP contribution is 2.23. The summed E-state index contributed by atoms with van der Waals surface area (Å²) in [6.45, 7) is 1.11. The molecule has 0 aliphatic heterocycles. The first-order chi connectivity index (χ1) is 6.34. The lowest BCUT2D eigenvalue weighted by atomic mass is 10.3. The molecule has 0 heterocycles. The van der Waals surface area contributed by atoms with Crippen molar-refractivity contribution in [1.29, 1.82) is 0 Å². The van der Waals surface area contributed by atoms with E-state index < -0.39 is 0 Å². The van der Waals surface area contributed by atoms with E-state index in [1.165, 1.54) is 0 Å². The van der Waals surface area contributed by atoms with E-state index in [4.69, 9.17) is 10.5 Å². The predicted octanol–water partition coefficient (Wildman–Crippen LogP) is 2.34. The number of benzene rings is 1. The summed E-state index contributed by atoms with van der Waals surface area (Å²) in [5.41, 5.74) is 5.29. The van der Waals surface area contributed by atoms with Crippen LogP contribution in [0.2, 0.25) is 0 Å². The van der Waals surface area contributed by atoms with Crippen LogP contribution < -0.4 is 10.5 Å². The fraction of sp³-hybridized carbons (Fsp3) is 0.200. The van der Waals surface area contributed by atoms with Gasteiger partial charge in [-0.1, -0.05) is 24.3 Å². The molecule has 0 aliphatic carbocycles. The molecule has 1 rings (SSSR count). The average molecular weight is 242 g/mol. The number of hydrogen-bond donors (Lipinski definition) is 1. The fourth-order valence-electron chi connectivity index (χ4n) is 0.864. The summed E-state index contributed by atoms with van der Waals surface area (Å²) in [5, 5.41) is 0. The van der Waals surface area contributed by atoms with Gasteiger partial charge < -0.3 is 10.5 Å². The van der Waals surface area contributed by atoms with Gasteiger partial charge in [-0.3, -0.25) is 0 Å². The van der Waals surface area contributed by atoms with E-state index in [1.807, 2.05) is 36.4 Å². The highest BCUT2D eigenvalue weighted by molar-refractivity contribution is 9.10. The molecule has 13 heavy (non-hydrogen) atoms. The number of nitrogens with two attached hydrogens (primary N) is 1. The Balaban J connectivity index is 2.45. The van der Waals surface area contributed by atoms with E-state index in [1.54, 1.807) is 0 Å². The topological polar surface area (TPSA) is 35.2 Å². The molecule has 0 bridgehead atoms. The molecule has 2 N–H and O–H groups in total. The second-order valence-electron chi connectivity index (χ2n) is 2.45. The highest BCUT2D eigenvalue weighted by atomic mass is 79.9. The molecular formula is C10H12BrNO. The SMILES string of the molecule is NC/C=C/COc1ccccc1Br. The highest BCUT2D eigenvalue weighted by Gasteiger charge is 1.95. The Bertz CT molecular complexity index is 286. The van der Waals surface area contributed by atoms with Crippen molar-refractivity contribution in [3.05, 3.63) is 40.9 Å². The first-order valence-electron chi connectivity index (χ1n) is 4.07. The van der Waals surface area contributed by atoms with Gasteiger partial charge in [0.2, 0.25) is 0 Å². The predicted molar refractivity (Wildman–Crippen MR) is 57.8 cm³/mol. The molecule has 0 aromatic heterocycles. The molecule has 0 saturated carbocycles. The summed E-state index contributed by atoms with van der Waals surface area (Å²) >= 11 is 3.39. The van der Waals surface area contributed by atoms with Gasteiger partial charge in [0.15, 0.2) is 0 Å². The Morgan fingerprint density at radius 3 is 2.77 bits per heavy atom. The van der Waals surface area contributed by atoms with Gasteiger partial charge in [0.05, 0.1) is 4.47 Å². The van der Waals surface area contributed by atoms with E-state index in [-0.39, 0.29) is 0 Å². The molecule has 3 heteroatoms. The van der Waals surface area contributed by atoms with Crippen molar-refractivity contribution in [1.82, 2.24) is 0 Å². The summed E-state index contributed by atoms with van der Waals surface area (Å²) in [7, 11) is 0. The van der Waals surface area contributed by atoms with Crippen molar-refractivity contribution < 1.29 is 4.74 Å². The zero-order valence-electron chi connectivity index (χ0n) is 7.24. The Morgan fingerprint density at radius 1 is 1.31 bits per heavy atom. The minimum Gasteiger partial charge on any atom is -0.488 e. The monoisotopic (exact) mass is 241 g/mol. The van der Waals surface area contributed by atoms with Gasteiger partial charge in [0.1, 0.15) is 12.4 Å². The summed E-state index contributed by atoms with van der Waals surface area (Å²) in [6, 6.07) is 7.75. The molecule has 0 fully saturated rings. The standard InChI is InChI=1S/C10H12BrNO/c11-9-5-1-2-6-10(9)13-8-4-3-7-12/h1-6H,7-8,12H2/b4-3+. The first kappa shape index (κ1) is 10.3. The normalized spacial score (nSPS) is 10.6. The molecule has 0 aliphatic rings. The van der Waals surface area contributed by atoms with Crippen LogP contribution in [-0.4, -0.2) is 13.2 Å². The molecule has 0 radical (unpaired) electrons. The van der Waals surface area contributed by atoms with Crippen LogP contribution in [0.4, 0.5) is 0 Å². The zero-order valence-corrected chi connectivity index (χ0v) is 8.83. The van der Waals surface area contributed by atoms with Crippen LogP contribution in [0.15, 0.2) is 40.9 Å². The van der Waals surface area contributed by atoms with Crippen LogP contribution in [0, 0.1) is 0 Å². The summed E-state index contributed by atoms with van der Waals surface area (Å²) in [5.74, 6) is 0.851. The Hall–Kier alpha value is -0.800. The quantitative estimate of drug-likeness (QED) is 0.822. The maximum Gasteiger partial charge on any atom is 0.133 e. The maximum absolute atomic E-state index is 5.45. The van der Waals surface area contributed by atoms with Crippen LogP contribution >= 0.6 is 15.9 Å². The van der Waals surface area contributed by atoms with Gasteiger partial charge in [-0.15, -0.1) is 0 Å². The zero-order chi connectivity index (χ0) is 9.52. The van der Waals surface area contributed by atoms with Gasteiger partial charge in [0.25, 0.3) is 0 Å². The lowest BCUT2D eigenvalue weighted by Crippen LogP contribution is -1.97. The first-order valence-corrected chi connectivity index (χ1v) is 4.86. The third-order valence-electron chi connectivity index (χ3n) is 1.47. The smallest absolute Gasteiger partial charge is 0.133 e. The third kappa shape index (κ3) is 3.61. The van der Waals surface area contributed by atoms with Gasteiger partial charge >= 0.3 is 0 Å². The molecule has 1 aromatic rings. The molecule has 0 atom stereocenters. The van der Waals surface area contributed by atoms with Gasteiger partial charge in [-0.2, -0.15) is 0 Å². The van der Waals surface area contributed by atoms with Gasteiger partial charge in [-0.25, -0.2) is 0 Å². The second kappa shape index (κ2) is 5.78. The molecule has 0 saturated heterocycles. The van der Waals surface area contributed by atoms with E-state index in [9.17, 15) is 0 Å². The number of rotatable bonds is 4. The van der Waals surface area contributed by atoms with Crippen LogP contribution in [0.1, 0.15) is 0 Å². The third-order valence-corrected chi connectivity index (χ3v) is 2.13. The van der Waals surface area contributed by atoms with Gasteiger partial charge in [0, 0.05) is 6.54 Å². The molecular weight excluding hydrogens is 230 g/mol. The number of halogens is 1. The van der Waals surface area contributed by atoms with Crippen molar-refractivity contribution in [3.63, 3.8) is 0 Å². The number of ether oxygens (including phenoxy) is 1. The van der Waals surface area contributed by atoms with Crippen LogP contribution in [0.3, 0.4) is 0 Å². The van der Waals surface area contributed by atoms with Crippen molar-refractivity contribution in [3.8, 4) is 5.75 Å². The largest absolute Gasteiger partial charge is 0.488 e. The van der Waals surface area contributed by atoms with E-state index in [0.717, 1.165) is 10.2 Å². The molecule has 0 unspecified atom stereocenters. The summed E-state index contributed by atoms with van der Waals surface area (Å²) in [6.07, 6.45) is 3.77. The van der Waals surface area contributed by atoms with Crippen molar-refractivity contribution in [2.24, 2.45) is 5.73 Å². The molecule has 0 amide bonds. The Labute approximate surface area is 86.5 Å². The van der Waals surface area contributed by atoms with Crippen LogP contribution in [0.25, 0.3) is 0 Å². The summed E-state index contributed by atoms with van der Waals surface area (Å²) < 4.78 is 6.42. The van der Waals surface area contributed by atoms with Crippen molar-refractivity contribution in [2.75, 3.05) is 13.2 Å². The molecule has 1 aromatic carbocycles. The van der Waals surface area contributed by atoms with Gasteiger partial charge in [-0.05, 0) is 28.1 Å². The lowest BCUT2D eigenvalue weighted by molar-refractivity contribution is 0.360. The number of hydrogen-bond acceptors (Lipinski definition) is 2. The van der Waals surface area contributed by atoms with Crippen LogP contribution in [-0.2, 0) is 0 Å². The minimum absolute atomic E-state index is 0.555.